The summed E-state index contributed by atoms with van der Waals surface area (Å²) in [5.74, 6) is -0.343. The first-order chi connectivity index (χ1) is 12.4. The molecule has 0 aliphatic carbocycles. The number of methoxy groups -OCH3 is 1. The van der Waals surface area contributed by atoms with Gasteiger partial charge in [-0.2, -0.15) is 18.0 Å². The molecule has 2 aromatic carbocycles. The van der Waals surface area contributed by atoms with Gasteiger partial charge in [-0.15, -0.1) is 10.2 Å². The number of ether oxygens (including phenoxy) is 1. The highest BCUT2D eigenvalue weighted by Gasteiger charge is 2.30. The van der Waals surface area contributed by atoms with Crippen molar-refractivity contribution in [1.29, 1.82) is 0 Å². The van der Waals surface area contributed by atoms with Crippen molar-refractivity contribution in [3.63, 3.8) is 0 Å². The molecule has 0 bridgehead atoms. The summed E-state index contributed by atoms with van der Waals surface area (Å²) in [7, 11) is 1.30. The molecule has 9 heteroatoms. The molecule has 3 rings (SSSR count). The van der Waals surface area contributed by atoms with Gasteiger partial charge in [0.05, 0.1) is 24.8 Å². The second kappa shape index (κ2) is 6.95. The molecule has 0 saturated carbocycles. The quantitative estimate of drug-likeness (QED) is 0.667. The molecule has 0 fully saturated rings. The van der Waals surface area contributed by atoms with Gasteiger partial charge in [-0.05, 0) is 35.0 Å². The van der Waals surface area contributed by atoms with E-state index in [0.717, 1.165) is 17.7 Å². The molecule has 0 aliphatic rings. The van der Waals surface area contributed by atoms with Crippen LogP contribution < -0.4 is 0 Å². The number of alkyl halides is 3. The van der Waals surface area contributed by atoms with Crippen LogP contribution in [0, 0.1) is 0 Å². The number of carbonyl (C=O) groups excluding carboxylic acids is 1. The van der Waals surface area contributed by atoms with E-state index in [1.807, 2.05) is 0 Å². The zero-order valence-corrected chi connectivity index (χ0v) is 13.6. The predicted octanol–water partition coefficient (Wildman–Crippen LogP) is 3.19. The first-order valence-electron chi connectivity index (χ1n) is 7.49. The maximum atomic E-state index is 12.8. The van der Waals surface area contributed by atoms with Gasteiger partial charge in [0, 0.05) is 5.56 Å². The SMILES string of the molecule is COC(=O)c1ccc(Cn2nnc(-c3cccc(C(F)(F)F)c3)n2)cc1. The minimum atomic E-state index is -4.44. The number of hydrogen-bond acceptors (Lipinski definition) is 5. The number of aromatic nitrogens is 4. The molecule has 0 aliphatic heterocycles. The highest BCUT2D eigenvalue weighted by molar-refractivity contribution is 5.89. The third-order valence-electron chi connectivity index (χ3n) is 3.60. The Balaban J connectivity index is 1.77. The monoisotopic (exact) mass is 362 g/mol. The molecule has 3 aromatic rings. The lowest BCUT2D eigenvalue weighted by Gasteiger charge is -2.06. The number of benzene rings is 2. The van der Waals surface area contributed by atoms with Crippen LogP contribution in [0.5, 0.6) is 0 Å². The Morgan fingerprint density at radius 1 is 1.15 bits per heavy atom. The second-order valence-corrected chi connectivity index (χ2v) is 5.41. The third kappa shape index (κ3) is 3.88. The van der Waals surface area contributed by atoms with Gasteiger partial charge < -0.3 is 4.74 Å². The Morgan fingerprint density at radius 3 is 2.54 bits per heavy atom. The largest absolute Gasteiger partial charge is 0.465 e. The molecule has 0 unspecified atom stereocenters. The Kier molecular flexibility index (Phi) is 4.70. The normalized spacial score (nSPS) is 11.4. The summed E-state index contributed by atoms with van der Waals surface area (Å²) in [5, 5.41) is 11.8. The molecule has 1 aromatic heterocycles. The number of tetrazole rings is 1. The highest BCUT2D eigenvalue weighted by Crippen LogP contribution is 2.31. The summed E-state index contributed by atoms with van der Waals surface area (Å²) in [6.07, 6.45) is -4.44. The van der Waals surface area contributed by atoms with E-state index in [2.05, 4.69) is 20.1 Å². The van der Waals surface area contributed by atoms with E-state index >= 15 is 0 Å². The van der Waals surface area contributed by atoms with Crippen LogP contribution in [-0.2, 0) is 17.5 Å². The van der Waals surface area contributed by atoms with E-state index in [0.29, 0.717) is 5.56 Å². The van der Waals surface area contributed by atoms with E-state index in [1.54, 1.807) is 24.3 Å². The smallest absolute Gasteiger partial charge is 0.416 e. The second-order valence-electron chi connectivity index (χ2n) is 5.41. The molecular weight excluding hydrogens is 349 g/mol. The molecule has 0 radical (unpaired) electrons. The summed E-state index contributed by atoms with van der Waals surface area (Å²) in [4.78, 5) is 12.7. The van der Waals surface area contributed by atoms with E-state index in [-0.39, 0.29) is 17.9 Å². The number of esters is 1. The lowest BCUT2D eigenvalue weighted by molar-refractivity contribution is -0.137. The van der Waals surface area contributed by atoms with Crippen molar-refractivity contribution < 1.29 is 22.7 Å². The Hall–Kier alpha value is -3.23. The van der Waals surface area contributed by atoms with Crippen LogP contribution in [-0.4, -0.2) is 33.3 Å². The number of nitrogens with zero attached hydrogens (tertiary/aromatic N) is 4. The number of carbonyl (C=O) groups is 1. The summed E-state index contributed by atoms with van der Waals surface area (Å²) >= 11 is 0. The van der Waals surface area contributed by atoms with Gasteiger partial charge in [-0.25, -0.2) is 4.79 Å². The van der Waals surface area contributed by atoms with Crippen molar-refractivity contribution in [2.75, 3.05) is 7.11 Å². The van der Waals surface area contributed by atoms with Gasteiger partial charge in [-0.1, -0.05) is 24.3 Å². The maximum absolute atomic E-state index is 12.8. The van der Waals surface area contributed by atoms with Gasteiger partial charge in [0.15, 0.2) is 0 Å². The topological polar surface area (TPSA) is 69.9 Å². The summed E-state index contributed by atoms with van der Waals surface area (Å²) in [5.41, 5.74) is 0.662. The van der Waals surface area contributed by atoms with Crippen molar-refractivity contribution in [1.82, 2.24) is 20.2 Å². The van der Waals surface area contributed by atoms with E-state index in [4.69, 9.17) is 0 Å². The van der Waals surface area contributed by atoms with Crippen molar-refractivity contribution in [2.24, 2.45) is 0 Å². The first kappa shape index (κ1) is 17.6. The average molecular weight is 362 g/mol. The van der Waals surface area contributed by atoms with Gasteiger partial charge >= 0.3 is 12.1 Å². The van der Waals surface area contributed by atoms with Crippen molar-refractivity contribution in [2.45, 2.75) is 12.7 Å². The minimum absolute atomic E-state index is 0.0993. The maximum Gasteiger partial charge on any atom is 0.416 e. The van der Waals surface area contributed by atoms with Crippen LogP contribution >= 0.6 is 0 Å². The van der Waals surface area contributed by atoms with Gasteiger partial charge in [-0.3, -0.25) is 0 Å². The molecule has 134 valence electrons. The molecule has 0 spiro atoms. The minimum Gasteiger partial charge on any atom is -0.465 e. The summed E-state index contributed by atoms with van der Waals surface area (Å²) in [6.45, 7) is 0.257. The molecule has 0 amide bonds. The Morgan fingerprint density at radius 2 is 1.88 bits per heavy atom. The fraction of sp³-hybridized carbons (Fsp3) is 0.176. The van der Waals surface area contributed by atoms with Crippen LogP contribution in [0.4, 0.5) is 13.2 Å². The standard InChI is InChI=1S/C17H13F3N4O2/c1-26-16(25)12-7-5-11(6-8-12)10-24-22-15(21-23-24)13-3-2-4-14(9-13)17(18,19)20/h2-9H,10H2,1H3. The molecule has 6 nitrogen and oxygen atoms in total. The van der Waals surface area contributed by atoms with Gasteiger partial charge in [0.2, 0.25) is 5.82 Å². The third-order valence-corrected chi connectivity index (χ3v) is 3.60. The summed E-state index contributed by atoms with van der Waals surface area (Å²) < 4.78 is 43.0. The van der Waals surface area contributed by atoms with Crippen LogP contribution in [0.25, 0.3) is 11.4 Å². The van der Waals surface area contributed by atoms with E-state index in [1.165, 1.54) is 24.0 Å². The fourth-order valence-electron chi connectivity index (χ4n) is 2.29. The first-order valence-corrected chi connectivity index (χ1v) is 7.49. The van der Waals surface area contributed by atoms with Crippen molar-refractivity contribution >= 4 is 5.97 Å². The molecule has 0 saturated heterocycles. The average Bonchev–Trinajstić information content (AvgIpc) is 3.09. The van der Waals surface area contributed by atoms with Crippen LogP contribution in [0.1, 0.15) is 21.5 Å². The lowest BCUT2D eigenvalue weighted by Crippen LogP contribution is -2.06. The molecule has 0 N–H and O–H groups in total. The molecule has 1 heterocycles. The van der Waals surface area contributed by atoms with Crippen LogP contribution in [0.15, 0.2) is 48.5 Å². The Bertz CT molecular complexity index is 920. The van der Waals surface area contributed by atoms with Gasteiger partial charge in [0.25, 0.3) is 0 Å². The fourth-order valence-corrected chi connectivity index (χ4v) is 2.29. The zero-order valence-electron chi connectivity index (χ0n) is 13.6. The lowest BCUT2D eigenvalue weighted by atomic mass is 10.1. The molecule has 26 heavy (non-hydrogen) atoms. The Labute approximate surface area is 146 Å². The number of halogens is 3. The van der Waals surface area contributed by atoms with Gasteiger partial charge in [0.1, 0.15) is 0 Å². The number of rotatable bonds is 4. The van der Waals surface area contributed by atoms with Crippen LogP contribution in [0.3, 0.4) is 0 Å². The predicted molar refractivity (Wildman–Crippen MR) is 85.1 cm³/mol. The van der Waals surface area contributed by atoms with Crippen LogP contribution in [0.2, 0.25) is 0 Å². The van der Waals surface area contributed by atoms with E-state index in [9.17, 15) is 18.0 Å². The highest BCUT2D eigenvalue weighted by atomic mass is 19.4. The number of hydrogen-bond donors (Lipinski definition) is 0. The zero-order chi connectivity index (χ0) is 18.7. The van der Waals surface area contributed by atoms with Crippen molar-refractivity contribution in [3.05, 3.63) is 65.2 Å². The van der Waals surface area contributed by atoms with Crippen molar-refractivity contribution in [3.8, 4) is 11.4 Å². The molecular formula is C17H13F3N4O2. The van der Waals surface area contributed by atoms with E-state index < -0.39 is 17.7 Å². The summed E-state index contributed by atoms with van der Waals surface area (Å²) in [6, 6.07) is 11.4. The molecule has 0 atom stereocenters.